The van der Waals surface area contributed by atoms with Gasteiger partial charge in [0.05, 0.1) is 25.3 Å². The number of anilines is 1. The van der Waals surface area contributed by atoms with Crippen molar-refractivity contribution in [2.24, 2.45) is 5.92 Å². The van der Waals surface area contributed by atoms with Crippen LogP contribution in [0.1, 0.15) is 72.1 Å². The van der Waals surface area contributed by atoms with Gasteiger partial charge in [0.2, 0.25) is 0 Å². The number of carbonyl (C=O) groups excluding carboxylic acids is 4. The Labute approximate surface area is 176 Å². The maximum atomic E-state index is 12.1. The van der Waals surface area contributed by atoms with Crippen LogP contribution in [0.3, 0.4) is 0 Å². The fraction of sp³-hybridized carbons (Fsp3) is 0.545. The van der Waals surface area contributed by atoms with E-state index in [0.29, 0.717) is 5.92 Å². The Kier molecular flexibility index (Phi) is 9.31. The van der Waals surface area contributed by atoms with Gasteiger partial charge >= 0.3 is 17.9 Å². The highest BCUT2D eigenvalue weighted by Crippen LogP contribution is 2.27. The number of nitrogens with one attached hydrogen (secondary N) is 1. The summed E-state index contributed by atoms with van der Waals surface area (Å²) in [5.74, 6) is -1.63. The normalized spacial score (nSPS) is 13.9. The Morgan fingerprint density at radius 3 is 2.10 bits per heavy atom. The topological polar surface area (TPSA) is 108 Å². The second kappa shape index (κ2) is 11.9. The molecule has 0 aromatic heterocycles. The van der Waals surface area contributed by atoms with Crippen molar-refractivity contribution in [3.63, 3.8) is 0 Å². The summed E-state index contributed by atoms with van der Waals surface area (Å²) in [6, 6.07) is 4.03. The van der Waals surface area contributed by atoms with Crippen LogP contribution in [0.15, 0.2) is 18.2 Å². The van der Waals surface area contributed by atoms with Crippen molar-refractivity contribution in [3.8, 4) is 0 Å². The molecule has 0 spiro atoms. The van der Waals surface area contributed by atoms with Crippen molar-refractivity contribution >= 4 is 29.5 Å². The van der Waals surface area contributed by atoms with E-state index in [1.54, 1.807) is 0 Å². The van der Waals surface area contributed by atoms with E-state index >= 15 is 0 Å². The average Bonchev–Trinajstić information content (AvgIpc) is 2.77. The summed E-state index contributed by atoms with van der Waals surface area (Å²) in [5, 5.41) is 2.51. The maximum Gasteiger partial charge on any atom is 0.337 e. The first-order valence-electron chi connectivity index (χ1n) is 10.2. The van der Waals surface area contributed by atoms with Gasteiger partial charge in [-0.1, -0.05) is 32.1 Å². The third-order valence-corrected chi connectivity index (χ3v) is 5.14. The number of ether oxygens (including phenoxy) is 3. The number of amides is 1. The molecule has 8 nitrogen and oxygen atoms in total. The molecule has 0 saturated heterocycles. The molecule has 0 unspecified atom stereocenters. The summed E-state index contributed by atoms with van der Waals surface area (Å²) < 4.78 is 14.3. The quantitative estimate of drug-likeness (QED) is 0.482. The number of carbonyl (C=O) groups is 4. The van der Waals surface area contributed by atoms with Crippen molar-refractivity contribution in [2.75, 3.05) is 26.1 Å². The maximum absolute atomic E-state index is 12.1. The van der Waals surface area contributed by atoms with Gasteiger partial charge in [-0.3, -0.25) is 9.59 Å². The fourth-order valence-corrected chi connectivity index (χ4v) is 3.60. The van der Waals surface area contributed by atoms with Crippen LogP contribution >= 0.6 is 0 Å². The van der Waals surface area contributed by atoms with Gasteiger partial charge in [0.25, 0.3) is 5.91 Å². The Balaban J connectivity index is 1.83. The van der Waals surface area contributed by atoms with E-state index in [0.717, 1.165) is 12.8 Å². The van der Waals surface area contributed by atoms with Crippen LogP contribution < -0.4 is 5.32 Å². The molecule has 1 aliphatic rings. The van der Waals surface area contributed by atoms with Crippen LogP contribution in [0.2, 0.25) is 0 Å². The van der Waals surface area contributed by atoms with E-state index < -0.39 is 30.4 Å². The largest absolute Gasteiger partial charge is 0.465 e. The molecule has 1 amide bonds. The Morgan fingerprint density at radius 2 is 1.53 bits per heavy atom. The zero-order valence-electron chi connectivity index (χ0n) is 17.5. The molecule has 8 heteroatoms. The molecule has 1 fully saturated rings. The lowest BCUT2D eigenvalue weighted by Crippen LogP contribution is -2.21. The van der Waals surface area contributed by atoms with Gasteiger partial charge in [-0.2, -0.15) is 0 Å². The lowest BCUT2D eigenvalue weighted by atomic mass is 9.86. The van der Waals surface area contributed by atoms with Crippen LogP contribution in [-0.4, -0.2) is 44.6 Å². The second-order valence-electron chi connectivity index (χ2n) is 7.39. The Hall–Kier alpha value is -2.90. The molecule has 1 N–H and O–H groups in total. The third-order valence-electron chi connectivity index (χ3n) is 5.14. The van der Waals surface area contributed by atoms with Crippen LogP contribution in [-0.2, 0) is 23.8 Å². The van der Waals surface area contributed by atoms with Gasteiger partial charge in [0, 0.05) is 12.1 Å². The zero-order chi connectivity index (χ0) is 21.9. The highest BCUT2D eigenvalue weighted by Gasteiger charge is 2.17. The van der Waals surface area contributed by atoms with Crippen molar-refractivity contribution in [1.29, 1.82) is 0 Å². The number of rotatable bonds is 9. The Morgan fingerprint density at radius 1 is 0.933 bits per heavy atom. The fourth-order valence-electron chi connectivity index (χ4n) is 3.60. The van der Waals surface area contributed by atoms with E-state index in [1.807, 2.05) is 0 Å². The van der Waals surface area contributed by atoms with E-state index in [9.17, 15) is 19.2 Å². The van der Waals surface area contributed by atoms with Crippen molar-refractivity contribution in [3.05, 3.63) is 29.3 Å². The highest BCUT2D eigenvalue weighted by atomic mass is 16.5. The molecule has 30 heavy (non-hydrogen) atoms. The SMILES string of the molecule is COC(=O)c1cc(NC(=O)COC(=O)CCCC2CCCCC2)cc(C(=O)OC)c1. The predicted octanol–water partition coefficient (Wildman–Crippen LogP) is 3.49. The van der Waals surface area contributed by atoms with Gasteiger partial charge in [-0.25, -0.2) is 9.59 Å². The van der Waals surface area contributed by atoms with Crippen LogP contribution in [0, 0.1) is 5.92 Å². The van der Waals surface area contributed by atoms with Crippen LogP contribution in [0.25, 0.3) is 0 Å². The molecule has 1 aromatic carbocycles. The first kappa shape index (κ1) is 23.4. The third kappa shape index (κ3) is 7.50. The molecule has 0 heterocycles. The first-order valence-corrected chi connectivity index (χ1v) is 10.2. The minimum atomic E-state index is -0.666. The van der Waals surface area contributed by atoms with E-state index in [-0.39, 0.29) is 23.2 Å². The van der Waals surface area contributed by atoms with Crippen molar-refractivity contribution in [1.82, 2.24) is 0 Å². The minimum Gasteiger partial charge on any atom is -0.465 e. The minimum absolute atomic E-state index is 0.0791. The monoisotopic (exact) mass is 419 g/mol. The van der Waals surface area contributed by atoms with Crippen LogP contribution in [0.4, 0.5) is 5.69 Å². The molecule has 1 aliphatic carbocycles. The van der Waals surface area contributed by atoms with Gasteiger partial charge in [0.15, 0.2) is 6.61 Å². The highest BCUT2D eigenvalue weighted by molar-refractivity contribution is 5.99. The Bertz CT molecular complexity index is 734. The molecule has 2 rings (SSSR count). The number of esters is 3. The lowest BCUT2D eigenvalue weighted by Gasteiger charge is -2.20. The van der Waals surface area contributed by atoms with Gasteiger partial charge in [-0.15, -0.1) is 0 Å². The standard InChI is InChI=1S/C22H29NO7/c1-28-21(26)16-11-17(22(27)29-2)13-18(12-16)23-19(24)14-30-20(25)10-6-9-15-7-4-3-5-8-15/h11-13,15H,3-10,14H2,1-2H3,(H,23,24). The van der Waals surface area contributed by atoms with Crippen LogP contribution in [0.5, 0.6) is 0 Å². The molecule has 1 saturated carbocycles. The van der Waals surface area contributed by atoms with Gasteiger partial charge in [-0.05, 0) is 37.0 Å². The second-order valence-corrected chi connectivity index (χ2v) is 7.39. The summed E-state index contributed by atoms with van der Waals surface area (Å²) in [6.07, 6.45) is 8.36. The molecule has 0 atom stereocenters. The summed E-state index contributed by atoms with van der Waals surface area (Å²) >= 11 is 0. The summed E-state index contributed by atoms with van der Waals surface area (Å²) in [5.41, 5.74) is 0.350. The van der Waals surface area contributed by atoms with E-state index in [2.05, 4.69) is 14.8 Å². The molecular weight excluding hydrogens is 390 g/mol. The number of benzene rings is 1. The molecule has 1 aromatic rings. The van der Waals surface area contributed by atoms with E-state index in [4.69, 9.17) is 4.74 Å². The average molecular weight is 419 g/mol. The first-order chi connectivity index (χ1) is 14.4. The summed E-state index contributed by atoms with van der Waals surface area (Å²) in [7, 11) is 2.41. The van der Waals surface area contributed by atoms with Crippen molar-refractivity contribution in [2.45, 2.75) is 51.4 Å². The molecule has 164 valence electrons. The zero-order valence-corrected chi connectivity index (χ0v) is 17.5. The lowest BCUT2D eigenvalue weighted by molar-refractivity contribution is -0.147. The molecule has 0 aliphatic heterocycles. The number of methoxy groups -OCH3 is 2. The van der Waals surface area contributed by atoms with Gasteiger partial charge < -0.3 is 19.5 Å². The van der Waals surface area contributed by atoms with Crippen molar-refractivity contribution < 1.29 is 33.4 Å². The molecular formula is C22H29NO7. The molecule has 0 bridgehead atoms. The summed E-state index contributed by atoms with van der Waals surface area (Å²) in [4.78, 5) is 47.6. The van der Waals surface area contributed by atoms with E-state index in [1.165, 1.54) is 64.5 Å². The number of hydrogen-bond donors (Lipinski definition) is 1. The number of hydrogen-bond acceptors (Lipinski definition) is 7. The molecule has 0 radical (unpaired) electrons. The summed E-state index contributed by atoms with van der Waals surface area (Å²) in [6.45, 7) is -0.446. The smallest absolute Gasteiger partial charge is 0.337 e. The predicted molar refractivity (Wildman–Crippen MR) is 109 cm³/mol. The van der Waals surface area contributed by atoms with Gasteiger partial charge in [0.1, 0.15) is 0 Å².